The summed E-state index contributed by atoms with van der Waals surface area (Å²) in [5.41, 5.74) is 0.997. The number of anilines is 1. The van der Waals surface area contributed by atoms with Gasteiger partial charge in [-0.15, -0.1) is 10.2 Å². The highest BCUT2D eigenvalue weighted by Gasteiger charge is 2.27. The summed E-state index contributed by atoms with van der Waals surface area (Å²) in [5.74, 6) is 3.61. The summed E-state index contributed by atoms with van der Waals surface area (Å²) in [6, 6.07) is 0. The monoisotopic (exact) mass is 355 g/mol. The molecule has 1 unspecified atom stereocenters. The fourth-order valence-corrected chi connectivity index (χ4v) is 4.28. The zero-order chi connectivity index (χ0) is 17.9. The first-order chi connectivity index (χ1) is 12.7. The predicted molar refractivity (Wildman–Crippen MR) is 101 cm³/mol. The number of rotatable bonds is 4. The largest absolute Gasteiger partial charge is 0.354 e. The van der Waals surface area contributed by atoms with Gasteiger partial charge in [0.25, 0.3) is 0 Å². The standard InChI is InChI=1S/C19H29N7/c1-15-18(21-9-8-20-15)26-12-6-7-16(13-26)19-23-22-17(24(19)2)14-25-10-4-3-5-11-25/h8-9,16H,3-7,10-14H2,1-2H3. The quantitative estimate of drug-likeness (QED) is 0.838. The molecule has 0 spiro atoms. The topological polar surface area (TPSA) is 63.0 Å². The van der Waals surface area contributed by atoms with E-state index < -0.39 is 0 Å². The van der Waals surface area contributed by atoms with Gasteiger partial charge in [-0.05, 0) is 45.7 Å². The van der Waals surface area contributed by atoms with Gasteiger partial charge >= 0.3 is 0 Å². The number of aromatic nitrogens is 5. The van der Waals surface area contributed by atoms with Crippen molar-refractivity contribution in [1.29, 1.82) is 0 Å². The lowest BCUT2D eigenvalue weighted by atomic mass is 9.97. The van der Waals surface area contributed by atoms with Crippen LogP contribution in [0.3, 0.4) is 0 Å². The Morgan fingerprint density at radius 3 is 2.62 bits per heavy atom. The van der Waals surface area contributed by atoms with Gasteiger partial charge in [0.05, 0.1) is 12.2 Å². The summed E-state index contributed by atoms with van der Waals surface area (Å²) in [6.07, 6.45) is 9.82. The van der Waals surface area contributed by atoms with Crippen LogP contribution in [0, 0.1) is 6.92 Å². The minimum absolute atomic E-state index is 0.401. The molecule has 2 aliphatic heterocycles. The number of aryl methyl sites for hydroxylation is 1. The normalized spacial score (nSPS) is 21.9. The van der Waals surface area contributed by atoms with Gasteiger partial charge in [0.15, 0.2) is 0 Å². The lowest BCUT2D eigenvalue weighted by Gasteiger charge is -2.33. The van der Waals surface area contributed by atoms with Crippen LogP contribution < -0.4 is 4.90 Å². The van der Waals surface area contributed by atoms with Crippen molar-refractivity contribution in [2.75, 3.05) is 31.1 Å². The number of piperidine rings is 2. The number of likely N-dealkylation sites (tertiary alicyclic amines) is 1. The minimum atomic E-state index is 0.401. The van der Waals surface area contributed by atoms with Crippen molar-refractivity contribution in [3.05, 3.63) is 29.7 Å². The van der Waals surface area contributed by atoms with Crippen molar-refractivity contribution in [2.24, 2.45) is 7.05 Å². The van der Waals surface area contributed by atoms with Gasteiger partial charge in [-0.25, -0.2) is 4.98 Å². The second kappa shape index (κ2) is 7.70. The summed E-state index contributed by atoms with van der Waals surface area (Å²) in [6.45, 7) is 7.30. The van der Waals surface area contributed by atoms with Gasteiger partial charge in [-0.3, -0.25) is 9.88 Å². The van der Waals surface area contributed by atoms with Gasteiger partial charge in [0.2, 0.25) is 0 Å². The van der Waals surface area contributed by atoms with E-state index in [9.17, 15) is 0 Å². The van der Waals surface area contributed by atoms with Gasteiger partial charge < -0.3 is 9.47 Å². The first-order valence-electron chi connectivity index (χ1n) is 9.85. The second-order valence-corrected chi connectivity index (χ2v) is 7.62. The van der Waals surface area contributed by atoms with Crippen molar-refractivity contribution in [1.82, 2.24) is 29.6 Å². The molecule has 2 fully saturated rings. The molecule has 0 saturated carbocycles. The Balaban J connectivity index is 1.48. The van der Waals surface area contributed by atoms with E-state index >= 15 is 0 Å². The summed E-state index contributed by atoms with van der Waals surface area (Å²) in [7, 11) is 2.13. The molecule has 0 aromatic carbocycles. The van der Waals surface area contributed by atoms with Gasteiger partial charge in [0.1, 0.15) is 17.5 Å². The zero-order valence-corrected chi connectivity index (χ0v) is 15.9. The molecule has 2 aromatic rings. The molecule has 1 atom stereocenters. The van der Waals surface area contributed by atoms with E-state index in [1.165, 1.54) is 32.4 Å². The summed E-state index contributed by atoms with van der Waals surface area (Å²) >= 11 is 0. The highest BCUT2D eigenvalue weighted by atomic mass is 15.3. The van der Waals surface area contributed by atoms with Crippen LogP contribution in [0.25, 0.3) is 0 Å². The zero-order valence-electron chi connectivity index (χ0n) is 15.9. The molecule has 26 heavy (non-hydrogen) atoms. The van der Waals surface area contributed by atoms with Crippen LogP contribution in [0.4, 0.5) is 5.82 Å². The van der Waals surface area contributed by atoms with Crippen molar-refractivity contribution >= 4 is 5.82 Å². The van der Waals surface area contributed by atoms with Gasteiger partial charge in [-0.2, -0.15) is 0 Å². The van der Waals surface area contributed by atoms with E-state index in [1.54, 1.807) is 12.4 Å². The lowest BCUT2D eigenvalue weighted by Crippen LogP contribution is -2.36. The van der Waals surface area contributed by atoms with E-state index in [0.717, 1.165) is 55.6 Å². The highest BCUT2D eigenvalue weighted by molar-refractivity contribution is 5.43. The molecule has 4 heterocycles. The maximum Gasteiger partial charge on any atom is 0.150 e. The van der Waals surface area contributed by atoms with Crippen LogP contribution in [-0.2, 0) is 13.6 Å². The predicted octanol–water partition coefficient (Wildman–Crippen LogP) is 2.28. The summed E-state index contributed by atoms with van der Waals surface area (Å²) < 4.78 is 2.23. The maximum atomic E-state index is 4.58. The Hall–Kier alpha value is -2.02. The van der Waals surface area contributed by atoms with Crippen molar-refractivity contribution in [2.45, 2.75) is 51.5 Å². The first kappa shape index (κ1) is 17.4. The Kier molecular flexibility index (Phi) is 5.15. The first-order valence-corrected chi connectivity index (χ1v) is 9.85. The fraction of sp³-hybridized carbons (Fsp3) is 0.684. The van der Waals surface area contributed by atoms with Crippen molar-refractivity contribution in [3.63, 3.8) is 0 Å². The third-order valence-corrected chi connectivity index (χ3v) is 5.75. The smallest absolute Gasteiger partial charge is 0.150 e. The fourth-order valence-electron chi connectivity index (χ4n) is 4.28. The summed E-state index contributed by atoms with van der Waals surface area (Å²) in [4.78, 5) is 13.8. The van der Waals surface area contributed by atoms with Crippen molar-refractivity contribution in [3.8, 4) is 0 Å². The van der Waals surface area contributed by atoms with E-state index in [-0.39, 0.29) is 0 Å². The molecule has 2 aromatic heterocycles. The molecular weight excluding hydrogens is 326 g/mol. The van der Waals surface area contributed by atoms with E-state index in [2.05, 4.69) is 41.6 Å². The van der Waals surface area contributed by atoms with Gasteiger partial charge in [0, 0.05) is 38.4 Å². The molecule has 0 aliphatic carbocycles. The SMILES string of the molecule is Cc1nccnc1N1CCCC(c2nnc(CN3CCCCC3)n2C)C1. The Morgan fingerprint density at radius 1 is 1.00 bits per heavy atom. The average Bonchev–Trinajstić information content (AvgIpc) is 3.03. The Labute approximate surface area is 155 Å². The van der Waals surface area contributed by atoms with Gasteiger partial charge in [-0.1, -0.05) is 6.42 Å². The van der Waals surface area contributed by atoms with Crippen LogP contribution in [0.15, 0.2) is 12.4 Å². The second-order valence-electron chi connectivity index (χ2n) is 7.62. The van der Waals surface area contributed by atoms with Crippen molar-refractivity contribution < 1.29 is 0 Å². The molecular formula is C19H29N7. The van der Waals surface area contributed by atoms with Crippen LogP contribution in [-0.4, -0.2) is 55.8 Å². The molecule has 4 rings (SSSR count). The molecule has 7 nitrogen and oxygen atoms in total. The Morgan fingerprint density at radius 2 is 1.81 bits per heavy atom. The third kappa shape index (κ3) is 3.58. The molecule has 7 heteroatoms. The third-order valence-electron chi connectivity index (χ3n) is 5.75. The maximum absolute atomic E-state index is 4.58. The molecule has 0 amide bonds. The highest BCUT2D eigenvalue weighted by Crippen LogP contribution is 2.29. The molecule has 2 aliphatic rings. The molecule has 140 valence electrons. The molecule has 2 saturated heterocycles. The number of hydrogen-bond donors (Lipinski definition) is 0. The number of nitrogens with zero attached hydrogens (tertiary/aromatic N) is 7. The van der Waals surface area contributed by atoms with E-state index in [0.29, 0.717) is 5.92 Å². The van der Waals surface area contributed by atoms with Crippen LogP contribution in [0.1, 0.15) is 55.4 Å². The lowest BCUT2D eigenvalue weighted by molar-refractivity contribution is 0.213. The summed E-state index contributed by atoms with van der Waals surface area (Å²) in [5, 5.41) is 9.10. The molecule has 0 bridgehead atoms. The van der Waals surface area contributed by atoms with Crippen LogP contribution in [0.5, 0.6) is 0 Å². The van der Waals surface area contributed by atoms with Crippen LogP contribution in [0.2, 0.25) is 0 Å². The van der Waals surface area contributed by atoms with E-state index in [4.69, 9.17) is 0 Å². The van der Waals surface area contributed by atoms with Crippen LogP contribution >= 0.6 is 0 Å². The molecule has 0 N–H and O–H groups in total. The molecule has 0 radical (unpaired) electrons. The number of hydrogen-bond acceptors (Lipinski definition) is 6. The Bertz CT molecular complexity index is 735. The average molecular weight is 355 g/mol. The minimum Gasteiger partial charge on any atom is -0.354 e. The van der Waals surface area contributed by atoms with E-state index in [1.807, 2.05) is 6.92 Å².